The molecule has 0 aliphatic rings. The molecule has 5 nitrogen and oxygen atoms in total. The van der Waals surface area contributed by atoms with Crippen LogP contribution in [0.2, 0.25) is 5.02 Å². The highest BCUT2D eigenvalue weighted by Gasteiger charge is 2.15. The topological polar surface area (TPSA) is 76.8 Å². The summed E-state index contributed by atoms with van der Waals surface area (Å²) in [6, 6.07) is 26.0. The number of aryl methyl sites for hydroxylation is 1. The molecule has 170 valence electrons. The number of H-pyrrole nitrogens is 1. The van der Waals surface area contributed by atoms with Crippen molar-refractivity contribution < 1.29 is 4.74 Å². The first kappa shape index (κ1) is 22.1. The summed E-state index contributed by atoms with van der Waals surface area (Å²) in [6.07, 6.45) is 2.48. The second-order valence-electron chi connectivity index (χ2n) is 8.39. The van der Waals surface area contributed by atoms with Crippen LogP contribution < -0.4 is 10.5 Å². The normalized spacial score (nSPS) is 12.1. The summed E-state index contributed by atoms with van der Waals surface area (Å²) in [7, 11) is 0. The third-order valence-corrected chi connectivity index (χ3v) is 6.18. The van der Waals surface area contributed by atoms with Crippen LogP contribution in [0.15, 0.2) is 85.1 Å². The molecule has 0 bridgehead atoms. The first-order valence-electron chi connectivity index (χ1n) is 11.2. The first-order valence-corrected chi connectivity index (χ1v) is 11.6. The van der Waals surface area contributed by atoms with Gasteiger partial charge in [0.1, 0.15) is 12.4 Å². The number of benzene rings is 3. The Hall–Kier alpha value is -3.67. The fourth-order valence-corrected chi connectivity index (χ4v) is 4.32. The van der Waals surface area contributed by atoms with Crippen molar-refractivity contribution >= 4 is 22.5 Å². The summed E-state index contributed by atoms with van der Waals surface area (Å²) in [6.45, 7) is 2.40. The Balaban J connectivity index is 1.48. The average molecular weight is 469 g/mol. The molecule has 0 radical (unpaired) electrons. The van der Waals surface area contributed by atoms with Gasteiger partial charge in [-0.05, 0) is 48.7 Å². The van der Waals surface area contributed by atoms with Gasteiger partial charge in [0.25, 0.3) is 0 Å². The number of halogens is 1. The fourth-order valence-electron chi connectivity index (χ4n) is 4.10. The zero-order valence-electron chi connectivity index (χ0n) is 18.8. The molecule has 6 heteroatoms. The van der Waals surface area contributed by atoms with Gasteiger partial charge in [-0.25, -0.2) is 0 Å². The van der Waals surface area contributed by atoms with E-state index in [1.807, 2.05) is 67.6 Å². The number of hydrogen-bond acceptors (Lipinski definition) is 4. The van der Waals surface area contributed by atoms with Crippen LogP contribution in [-0.4, -0.2) is 27.8 Å². The lowest BCUT2D eigenvalue weighted by Gasteiger charge is -2.16. The Morgan fingerprint density at radius 2 is 1.76 bits per heavy atom. The number of nitrogens with two attached hydrogens (primary N) is 1. The van der Waals surface area contributed by atoms with Gasteiger partial charge < -0.3 is 10.5 Å². The highest BCUT2D eigenvalue weighted by molar-refractivity contribution is 6.33. The maximum absolute atomic E-state index is 6.54. The summed E-state index contributed by atoms with van der Waals surface area (Å²) < 4.78 is 6.08. The van der Waals surface area contributed by atoms with Gasteiger partial charge in [-0.1, -0.05) is 66.2 Å². The molecule has 0 saturated carbocycles. The van der Waals surface area contributed by atoms with Crippen LogP contribution >= 0.6 is 11.6 Å². The van der Waals surface area contributed by atoms with Crippen LogP contribution in [0.3, 0.4) is 0 Å². The van der Waals surface area contributed by atoms with Gasteiger partial charge in [0.05, 0.1) is 17.4 Å². The Bertz CT molecular complexity index is 1430. The van der Waals surface area contributed by atoms with E-state index in [1.165, 1.54) is 5.56 Å². The van der Waals surface area contributed by atoms with E-state index in [0.717, 1.165) is 45.4 Å². The number of nitrogens with zero attached hydrogens (tertiary/aromatic N) is 2. The fraction of sp³-hybridized carbons (Fsp3) is 0.143. The third kappa shape index (κ3) is 4.67. The number of pyridine rings is 1. The SMILES string of the molecule is Cc1[nH]nc2ccc(-c3cc(OC[C@@H](N)Cc4ccccc4)cnc3-c3ccccc3Cl)cc12. The van der Waals surface area contributed by atoms with Gasteiger partial charge in [0.15, 0.2) is 0 Å². The molecule has 0 spiro atoms. The van der Waals surface area contributed by atoms with E-state index in [4.69, 9.17) is 27.1 Å². The van der Waals surface area contributed by atoms with Gasteiger partial charge in [-0.15, -0.1) is 0 Å². The molecule has 0 amide bonds. The van der Waals surface area contributed by atoms with Crippen molar-refractivity contribution in [3.05, 3.63) is 101 Å². The van der Waals surface area contributed by atoms with Crippen LogP contribution in [0.1, 0.15) is 11.3 Å². The van der Waals surface area contributed by atoms with Gasteiger partial charge in [0.2, 0.25) is 0 Å². The van der Waals surface area contributed by atoms with E-state index < -0.39 is 0 Å². The molecular formula is C28H25ClN4O. The maximum atomic E-state index is 6.54. The van der Waals surface area contributed by atoms with E-state index in [-0.39, 0.29) is 6.04 Å². The molecule has 2 heterocycles. The molecule has 0 aliphatic carbocycles. The number of aromatic amines is 1. The Morgan fingerprint density at radius 3 is 2.59 bits per heavy atom. The van der Waals surface area contributed by atoms with Crippen LogP contribution in [0.4, 0.5) is 0 Å². The maximum Gasteiger partial charge on any atom is 0.138 e. The smallest absolute Gasteiger partial charge is 0.138 e. The highest BCUT2D eigenvalue weighted by Crippen LogP contribution is 2.37. The number of aromatic nitrogens is 3. The van der Waals surface area contributed by atoms with Crippen molar-refractivity contribution in [1.82, 2.24) is 15.2 Å². The van der Waals surface area contributed by atoms with Gasteiger partial charge >= 0.3 is 0 Å². The monoisotopic (exact) mass is 468 g/mol. The van der Waals surface area contributed by atoms with Crippen molar-refractivity contribution in [2.45, 2.75) is 19.4 Å². The highest BCUT2D eigenvalue weighted by atomic mass is 35.5. The molecule has 0 saturated heterocycles. The van der Waals surface area contributed by atoms with E-state index in [2.05, 4.69) is 28.4 Å². The van der Waals surface area contributed by atoms with Crippen molar-refractivity contribution in [2.75, 3.05) is 6.61 Å². The van der Waals surface area contributed by atoms with Crippen LogP contribution in [0, 0.1) is 6.92 Å². The van der Waals surface area contributed by atoms with Crippen molar-refractivity contribution in [3.63, 3.8) is 0 Å². The molecular weight excluding hydrogens is 444 g/mol. The van der Waals surface area contributed by atoms with E-state index in [1.54, 1.807) is 6.20 Å². The van der Waals surface area contributed by atoms with Crippen LogP contribution in [0.5, 0.6) is 5.75 Å². The zero-order chi connectivity index (χ0) is 23.5. The molecule has 1 atom stereocenters. The molecule has 0 fully saturated rings. The van der Waals surface area contributed by atoms with Gasteiger partial charge in [0, 0.05) is 33.3 Å². The van der Waals surface area contributed by atoms with Crippen molar-refractivity contribution in [2.24, 2.45) is 5.73 Å². The number of hydrogen-bond donors (Lipinski definition) is 2. The predicted molar refractivity (Wildman–Crippen MR) is 138 cm³/mol. The second kappa shape index (κ2) is 9.67. The minimum atomic E-state index is -0.126. The summed E-state index contributed by atoms with van der Waals surface area (Å²) in [5.74, 6) is 0.665. The second-order valence-corrected chi connectivity index (χ2v) is 8.80. The number of ether oxygens (including phenoxy) is 1. The third-order valence-electron chi connectivity index (χ3n) is 5.85. The Labute approximate surface area is 203 Å². The standard InChI is InChI=1S/C28H25ClN4O/c1-18-24-14-20(11-12-27(24)33-32-18)25-15-22(16-31-28(25)23-9-5-6-10-26(23)29)34-17-21(30)13-19-7-3-2-4-8-19/h2-12,14-16,21H,13,17,30H2,1H3,(H,32,33)/t21-/m0/s1. The first-order chi connectivity index (χ1) is 16.6. The molecule has 5 rings (SSSR count). The molecule has 2 aromatic heterocycles. The summed E-state index contributed by atoms with van der Waals surface area (Å²) in [4.78, 5) is 4.76. The molecule has 34 heavy (non-hydrogen) atoms. The quantitative estimate of drug-likeness (QED) is 0.298. The van der Waals surface area contributed by atoms with Crippen molar-refractivity contribution in [3.8, 4) is 28.1 Å². The molecule has 3 N–H and O–H groups in total. The van der Waals surface area contributed by atoms with E-state index >= 15 is 0 Å². The zero-order valence-corrected chi connectivity index (χ0v) is 19.6. The predicted octanol–water partition coefficient (Wildman–Crippen LogP) is 6.20. The number of fused-ring (bicyclic) bond motifs is 1. The van der Waals surface area contributed by atoms with Crippen LogP contribution in [-0.2, 0) is 6.42 Å². The Kier molecular flexibility index (Phi) is 6.30. The number of rotatable bonds is 7. The van der Waals surface area contributed by atoms with Gasteiger partial charge in [-0.3, -0.25) is 10.1 Å². The lowest BCUT2D eigenvalue weighted by molar-refractivity contribution is 0.287. The lowest BCUT2D eigenvalue weighted by Crippen LogP contribution is -2.30. The van der Waals surface area contributed by atoms with Crippen LogP contribution in [0.25, 0.3) is 33.3 Å². The molecule has 5 aromatic rings. The summed E-state index contributed by atoms with van der Waals surface area (Å²) in [5.41, 5.74) is 13.1. The van der Waals surface area contributed by atoms with Gasteiger partial charge in [-0.2, -0.15) is 5.10 Å². The number of nitrogens with one attached hydrogen (secondary N) is 1. The van der Waals surface area contributed by atoms with E-state index in [0.29, 0.717) is 17.4 Å². The minimum Gasteiger partial charge on any atom is -0.490 e. The lowest BCUT2D eigenvalue weighted by atomic mass is 9.97. The minimum absolute atomic E-state index is 0.126. The summed E-state index contributed by atoms with van der Waals surface area (Å²) >= 11 is 6.54. The molecule has 0 unspecified atom stereocenters. The largest absolute Gasteiger partial charge is 0.490 e. The Morgan fingerprint density at radius 1 is 0.971 bits per heavy atom. The van der Waals surface area contributed by atoms with E-state index in [9.17, 15) is 0 Å². The molecule has 0 aliphatic heterocycles. The molecule has 3 aromatic carbocycles. The van der Waals surface area contributed by atoms with Crippen molar-refractivity contribution in [1.29, 1.82) is 0 Å². The average Bonchev–Trinajstić information content (AvgIpc) is 3.24. The summed E-state index contributed by atoms with van der Waals surface area (Å²) in [5, 5.41) is 9.11.